The fourth-order valence-corrected chi connectivity index (χ4v) is 1.49. The zero-order valence-corrected chi connectivity index (χ0v) is 11.2. The van der Waals surface area contributed by atoms with Crippen molar-refractivity contribution in [3.63, 3.8) is 0 Å². The van der Waals surface area contributed by atoms with Gasteiger partial charge in [0.1, 0.15) is 17.5 Å². The van der Waals surface area contributed by atoms with Gasteiger partial charge in [0.2, 0.25) is 0 Å². The first-order chi connectivity index (χ1) is 9.49. The number of amides is 2. The molecule has 7 heteroatoms. The number of hydrogen-bond acceptors (Lipinski definition) is 4. The first-order valence-electron chi connectivity index (χ1n) is 5.53. The van der Waals surface area contributed by atoms with Crippen LogP contribution in [0.1, 0.15) is 12.5 Å². The third kappa shape index (κ3) is 4.07. The largest absolute Gasteiger partial charge is 0.450 e. The van der Waals surface area contributed by atoms with Gasteiger partial charge >= 0.3 is 6.09 Å². The summed E-state index contributed by atoms with van der Waals surface area (Å²) < 4.78 is 18.0. The van der Waals surface area contributed by atoms with Crippen molar-refractivity contribution in [2.45, 2.75) is 6.92 Å². The molecule has 0 unspecified atom stereocenters. The highest BCUT2D eigenvalue weighted by Crippen LogP contribution is 2.21. The molecule has 0 saturated carbocycles. The van der Waals surface area contributed by atoms with E-state index in [0.29, 0.717) is 0 Å². The van der Waals surface area contributed by atoms with Crippen LogP contribution in [-0.4, -0.2) is 18.6 Å². The molecule has 0 aliphatic rings. The van der Waals surface area contributed by atoms with Crippen LogP contribution in [0, 0.1) is 17.1 Å². The van der Waals surface area contributed by atoms with E-state index in [1.165, 1.54) is 12.1 Å². The molecule has 1 aromatic rings. The Balaban J connectivity index is 3.02. The molecule has 0 fully saturated rings. The van der Waals surface area contributed by atoms with E-state index in [0.717, 1.165) is 12.1 Å². The number of ether oxygens (including phenoxy) is 1. The second-order valence-corrected chi connectivity index (χ2v) is 3.89. The van der Waals surface area contributed by atoms with Gasteiger partial charge in [-0.15, -0.1) is 0 Å². The molecular formula is C13H10ClFN2O3. The van der Waals surface area contributed by atoms with Crippen molar-refractivity contribution in [2.24, 2.45) is 0 Å². The fourth-order valence-electron chi connectivity index (χ4n) is 1.27. The number of benzene rings is 1. The summed E-state index contributed by atoms with van der Waals surface area (Å²) in [5, 5.41) is 10.8. The zero-order chi connectivity index (χ0) is 15.1. The Morgan fingerprint density at radius 2 is 2.25 bits per heavy atom. The van der Waals surface area contributed by atoms with Gasteiger partial charge in [-0.25, -0.2) is 9.18 Å². The predicted octanol–water partition coefficient (Wildman–Crippen LogP) is 2.66. The number of halogens is 2. The van der Waals surface area contributed by atoms with Crippen molar-refractivity contribution in [2.75, 3.05) is 6.61 Å². The van der Waals surface area contributed by atoms with Gasteiger partial charge in [0.25, 0.3) is 5.91 Å². The van der Waals surface area contributed by atoms with E-state index >= 15 is 0 Å². The van der Waals surface area contributed by atoms with Gasteiger partial charge in [0.05, 0.1) is 11.6 Å². The number of carbonyl (C=O) groups is 2. The van der Waals surface area contributed by atoms with Crippen LogP contribution in [0.2, 0.25) is 5.02 Å². The van der Waals surface area contributed by atoms with Crippen LogP contribution in [0.4, 0.5) is 9.18 Å². The van der Waals surface area contributed by atoms with E-state index in [-0.39, 0.29) is 17.2 Å². The summed E-state index contributed by atoms with van der Waals surface area (Å²) in [6.07, 6.45) is -0.0232. The third-order valence-corrected chi connectivity index (χ3v) is 2.47. The topological polar surface area (TPSA) is 79.2 Å². The van der Waals surface area contributed by atoms with E-state index in [9.17, 15) is 14.0 Å². The molecule has 0 atom stereocenters. The van der Waals surface area contributed by atoms with Gasteiger partial charge in [0.15, 0.2) is 0 Å². The second kappa shape index (κ2) is 7.26. The van der Waals surface area contributed by atoms with Crippen molar-refractivity contribution >= 4 is 29.7 Å². The van der Waals surface area contributed by atoms with Crippen molar-refractivity contribution in [1.29, 1.82) is 5.26 Å². The zero-order valence-electron chi connectivity index (χ0n) is 10.4. The van der Waals surface area contributed by atoms with E-state index in [1.807, 2.05) is 5.32 Å². The Kier molecular flexibility index (Phi) is 5.69. The molecular weight excluding hydrogens is 287 g/mol. The summed E-state index contributed by atoms with van der Waals surface area (Å²) in [7, 11) is 0. The molecule has 1 rings (SSSR count). The molecule has 1 aromatic carbocycles. The van der Waals surface area contributed by atoms with Crippen LogP contribution in [0.15, 0.2) is 23.8 Å². The lowest BCUT2D eigenvalue weighted by atomic mass is 10.1. The quantitative estimate of drug-likeness (QED) is 0.687. The van der Waals surface area contributed by atoms with Crippen LogP contribution in [-0.2, 0) is 9.53 Å². The Hall–Kier alpha value is -2.39. The SMILES string of the molecule is CCOC(=O)NC(=O)/C(C#N)=C/c1c(F)cccc1Cl. The lowest BCUT2D eigenvalue weighted by molar-refractivity contribution is -0.116. The molecule has 0 spiro atoms. The number of nitrogens with one attached hydrogen (secondary N) is 1. The molecule has 0 aliphatic heterocycles. The van der Waals surface area contributed by atoms with Crippen molar-refractivity contribution in [1.82, 2.24) is 5.32 Å². The molecule has 20 heavy (non-hydrogen) atoms. The minimum atomic E-state index is -0.995. The predicted molar refractivity (Wildman–Crippen MR) is 70.2 cm³/mol. The minimum absolute atomic E-state index is 0.0432. The average Bonchev–Trinajstić information content (AvgIpc) is 2.38. The maximum atomic E-state index is 13.5. The molecule has 5 nitrogen and oxygen atoms in total. The number of alkyl carbamates (subject to hydrolysis) is 1. The molecule has 104 valence electrons. The van der Waals surface area contributed by atoms with Crippen molar-refractivity contribution < 1.29 is 18.7 Å². The van der Waals surface area contributed by atoms with Crippen LogP contribution in [0.25, 0.3) is 6.08 Å². The van der Waals surface area contributed by atoms with E-state index in [4.69, 9.17) is 16.9 Å². The fraction of sp³-hybridized carbons (Fsp3) is 0.154. The number of nitriles is 1. The first-order valence-corrected chi connectivity index (χ1v) is 5.91. The van der Waals surface area contributed by atoms with Crippen LogP contribution >= 0.6 is 11.6 Å². The maximum absolute atomic E-state index is 13.5. The highest BCUT2D eigenvalue weighted by Gasteiger charge is 2.15. The van der Waals surface area contributed by atoms with E-state index in [1.54, 1.807) is 13.0 Å². The Morgan fingerprint density at radius 1 is 1.55 bits per heavy atom. The molecule has 0 aliphatic carbocycles. The molecule has 0 bridgehead atoms. The summed E-state index contributed by atoms with van der Waals surface area (Å²) in [6, 6.07) is 5.50. The number of carbonyl (C=O) groups excluding carboxylic acids is 2. The summed E-state index contributed by atoms with van der Waals surface area (Å²) in [5.41, 5.74) is -0.574. The van der Waals surface area contributed by atoms with Crippen molar-refractivity contribution in [3.05, 3.63) is 40.2 Å². The summed E-state index contributed by atoms with van der Waals surface area (Å²) in [5.74, 6) is -1.68. The van der Waals surface area contributed by atoms with Crippen LogP contribution in [0.3, 0.4) is 0 Å². The lowest BCUT2D eigenvalue weighted by Gasteiger charge is -2.04. The number of imide groups is 1. The van der Waals surface area contributed by atoms with Gasteiger partial charge in [0, 0.05) is 5.56 Å². The first kappa shape index (κ1) is 15.7. The van der Waals surface area contributed by atoms with Crippen molar-refractivity contribution in [3.8, 4) is 6.07 Å². The van der Waals surface area contributed by atoms with Gasteiger partial charge in [-0.3, -0.25) is 10.1 Å². The lowest BCUT2D eigenvalue weighted by Crippen LogP contribution is -2.31. The molecule has 1 N–H and O–H groups in total. The Bertz CT molecular complexity index is 588. The summed E-state index contributed by atoms with van der Waals surface area (Å²) in [4.78, 5) is 22.7. The summed E-state index contributed by atoms with van der Waals surface area (Å²) >= 11 is 5.77. The molecule has 0 saturated heterocycles. The molecule has 0 aromatic heterocycles. The van der Waals surface area contributed by atoms with E-state index < -0.39 is 23.4 Å². The van der Waals surface area contributed by atoms with Gasteiger partial charge in [-0.1, -0.05) is 17.7 Å². The van der Waals surface area contributed by atoms with Crippen LogP contribution < -0.4 is 5.32 Å². The van der Waals surface area contributed by atoms with Gasteiger partial charge in [-0.05, 0) is 25.1 Å². The van der Waals surface area contributed by atoms with Gasteiger partial charge < -0.3 is 4.74 Å². The Morgan fingerprint density at radius 3 is 2.80 bits per heavy atom. The standard InChI is InChI=1S/C13H10ClFN2O3/c1-2-20-13(19)17-12(18)8(7-16)6-9-10(14)4-3-5-11(9)15/h3-6H,2H2,1H3,(H,17,18,19)/b8-6+. The Labute approximate surface area is 119 Å². The minimum Gasteiger partial charge on any atom is -0.450 e. The van der Waals surface area contributed by atoms with E-state index in [2.05, 4.69) is 4.74 Å². The second-order valence-electron chi connectivity index (χ2n) is 3.48. The molecule has 0 heterocycles. The number of rotatable bonds is 3. The highest BCUT2D eigenvalue weighted by molar-refractivity contribution is 6.32. The highest BCUT2D eigenvalue weighted by atomic mass is 35.5. The number of nitrogens with zero attached hydrogens (tertiary/aromatic N) is 1. The molecule has 2 amide bonds. The average molecular weight is 297 g/mol. The normalized spacial score (nSPS) is 10.6. The summed E-state index contributed by atoms with van der Waals surface area (Å²) in [6.45, 7) is 1.63. The smallest absolute Gasteiger partial charge is 0.414 e. The monoisotopic (exact) mass is 296 g/mol. The van der Waals surface area contributed by atoms with Crippen LogP contribution in [0.5, 0.6) is 0 Å². The maximum Gasteiger partial charge on any atom is 0.414 e. The van der Waals surface area contributed by atoms with Gasteiger partial charge in [-0.2, -0.15) is 5.26 Å². The molecule has 0 radical (unpaired) electrons. The third-order valence-electron chi connectivity index (χ3n) is 2.14. The number of hydrogen-bond donors (Lipinski definition) is 1.